The predicted octanol–water partition coefficient (Wildman–Crippen LogP) is 2.63. The van der Waals surface area contributed by atoms with Gasteiger partial charge in [0.05, 0.1) is 13.2 Å². The zero-order chi connectivity index (χ0) is 8.65. The van der Waals surface area contributed by atoms with Gasteiger partial charge in [-0.2, -0.15) is 0 Å². The molecule has 1 heteroatoms. The van der Waals surface area contributed by atoms with E-state index in [9.17, 15) is 0 Å². The zero-order valence-electron chi connectivity index (χ0n) is 7.20. The van der Waals surface area contributed by atoms with Gasteiger partial charge >= 0.3 is 0 Å². The Morgan fingerprint density at radius 3 is 2.92 bits per heavy atom. The van der Waals surface area contributed by atoms with Gasteiger partial charge in [-0.05, 0) is 12.0 Å². The number of allylic oxidation sites excluding steroid dienone is 4. The summed E-state index contributed by atoms with van der Waals surface area (Å²) in [6.45, 7) is 5.12. The molecule has 0 radical (unpaired) electrons. The Bertz CT molecular complexity index is 221. The Kier molecular flexibility index (Phi) is 4.17. The van der Waals surface area contributed by atoms with Gasteiger partial charge < -0.3 is 4.74 Å². The molecule has 1 aliphatic carbocycles. The van der Waals surface area contributed by atoms with Crippen LogP contribution in [0.4, 0.5) is 0 Å². The number of hydrogen-bond acceptors (Lipinski definition) is 1. The summed E-state index contributed by atoms with van der Waals surface area (Å²) in [5, 5.41) is 0. The van der Waals surface area contributed by atoms with Crippen molar-refractivity contribution in [3.05, 3.63) is 48.6 Å². The van der Waals surface area contributed by atoms with Gasteiger partial charge in [-0.25, -0.2) is 0 Å². The van der Waals surface area contributed by atoms with Gasteiger partial charge in [-0.15, -0.1) is 0 Å². The third-order valence-corrected chi connectivity index (χ3v) is 1.59. The topological polar surface area (TPSA) is 9.23 Å². The second-order valence-corrected chi connectivity index (χ2v) is 2.61. The molecule has 0 N–H and O–H groups in total. The molecule has 0 amide bonds. The van der Waals surface area contributed by atoms with Gasteiger partial charge in [-0.1, -0.05) is 43.0 Å². The van der Waals surface area contributed by atoms with Crippen LogP contribution >= 0.6 is 0 Å². The third-order valence-electron chi connectivity index (χ3n) is 1.59. The van der Waals surface area contributed by atoms with Gasteiger partial charge in [-0.3, -0.25) is 0 Å². The molecule has 0 aromatic carbocycles. The number of ether oxygens (including phenoxy) is 1. The van der Waals surface area contributed by atoms with Crippen molar-refractivity contribution in [2.24, 2.45) is 0 Å². The van der Waals surface area contributed by atoms with E-state index in [-0.39, 0.29) is 0 Å². The lowest BCUT2D eigenvalue weighted by Gasteiger charge is -2.06. The van der Waals surface area contributed by atoms with E-state index in [1.54, 1.807) is 6.08 Å². The van der Waals surface area contributed by atoms with Crippen LogP contribution in [0.1, 0.15) is 6.42 Å². The smallest absolute Gasteiger partial charge is 0.0717 e. The van der Waals surface area contributed by atoms with Crippen LogP contribution in [0.5, 0.6) is 0 Å². The summed E-state index contributed by atoms with van der Waals surface area (Å²) < 4.78 is 5.38. The van der Waals surface area contributed by atoms with Crippen molar-refractivity contribution in [2.45, 2.75) is 6.42 Å². The maximum absolute atomic E-state index is 5.38. The van der Waals surface area contributed by atoms with Crippen LogP contribution in [-0.2, 0) is 4.74 Å². The maximum atomic E-state index is 5.38. The maximum Gasteiger partial charge on any atom is 0.0717 e. The quantitative estimate of drug-likeness (QED) is 0.431. The Labute approximate surface area is 73.7 Å². The minimum Gasteiger partial charge on any atom is -0.376 e. The SMILES string of the molecule is C=C/C=C/CCOCC1=CC=C1. The molecule has 0 aromatic heterocycles. The van der Waals surface area contributed by atoms with E-state index in [2.05, 4.69) is 24.8 Å². The summed E-state index contributed by atoms with van der Waals surface area (Å²) in [4.78, 5) is 0. The minimum atomic E-state index is 0.748. The average Bonchev–Trinajstić information content (AvgIpc) is 2.00. The normalized spacial score (nSPS) is 14.5. The van der Waals surface area contributed by atoms with Crippen LogP contribution in [0.2, 0.25) is 0 Å². The Hall–Kier alpha value is -1.08. The van der Waals surface area contributed by atoms with E-state index in [1.807, 2.05) is 12.2 Å². The van der Waals surface area contributed by atoms with Crippen molar-refractivity contribution < 1.29 is 4.74 Å². The van der Waals surface area contributed by atoms with E-state index in [1.165, 1.54) is 5.57 Å². The molecule has 0 saturated carbocycles. The van der Waals surface area contributed by atoms with E-state index < -0.39 is 0 Å². The Balaban J connectivity index is 1.89. The molecule has 0 aliphatic heterocycles. The van der Waals surface area contributed by atoms with Crippen molar-refractivity contribution in [3.8, 4) is 0 Å². The first-order chi connectivity index (χ1) is 5.93. The number of rotatable bonds is 6. The lowest BCUT2D eigenvalue weighted by molar-refractivity contribution is 0.162. The number of hydrogen-bond donors (Lipinski definition) is 0. The molecule has 0 fully saturated rings. The standard InChI is InChI=1S/C11H14O/c1-2-3-4-5-9-12-10-11-7-6-8-11/h2-4,6-8H,1,5,9-10H2/b4-3+. The molecule has 1 nitrogen and oxygen atoms in total. The van der Waals surface area contributed by atoms with Crippen LogP contribution in [0.25, 0.3) is 0 Å². The molecule has 0 bridgehead atoms. The van der Waals surface area contributed by atoms with Crippen molar-refractivity contribution >= 4 is 0 Å². The molecule has 12 heavy (non-hydrogen) atoms. The molecular weight excluding hydrogens is 148 g/mol. The largest absolute Gasteiger partial charge is 0.376 e. The molecule has 64 valence electrons. The fraction of sp³-hybridized carbons (Fsp3) is 0.273. The summed E-state index contributed by atoms with van der Waals surface area (Å²) in [5.41, 5.74) is 1.28. The van der Waals surface area contributed by atoms with Crippen LogP contribution in [-0.4, -0.2) is 13.2 Å². The fourth-order valence-corrected chi connectivity index (χ4v) is 0.862. The highest BCUT2D eigenvalue weighted by Crippen LogP contribution is 2.07. The van der Waals surface area contributed by atoms with Crippen molar-refractivity contribution in [2.75, 3.05) is 13.2 Å². The van der Waals surface area contributed by atoms with Crippen LogP contribution in [0.15, 0.2) is 48.6 Å². The van der Waals surface area contributed by atoms with Gasteiger partial charge in [0.1, 0.15) is 0 Å². The van der Waals surface area contributed by atoms with Gasteiger partial charge in [0.25, 0.3) is 0 Å². The first kappa shape index (κ1) is 9.01. The van der Waals surface area contributed by atoms with Crippen molar-refractivity contribution in [3.63, 3.8) is 0 Å². The third kappa shape index (κ3) is 3.35. The van der Waals surface area contributed by atoms with Gasteiger partial charge in [0.15, 0.2) is 0 Å². The highest BCUT2D eigenvalue weighted by Gasteiger charge is 1.96. The zero-order valence-corrected chi connectivity index (χ0v) is 7.20. The second-order valence-electron chi connectivity index (χ2n) is 2.61. The molecule has 0 unspecified atom stereocenters. The van der Waals surface area contributed by atoms with Crippen LogP contribution < -0.4 is 0 Å². The molecular formula is C11H14O. The van der Waals surface area contributed by atoms with Gasteiger partial charge in [0.2, 0.25) is 0 Å². The summed E-state index contributed by atoms with van der Waals surface area (Å²) in [6.07, 6.45) is 12.9. The first-order valence-electron chi connectivity index (χ1n) is 4.16. The van der Waals surface area contributed by atoms with E-state index in [0.29, 0.717) is 0 Å². The lowest BCUT2D eigenvalue weighted by Crippen LogP contribution is -2.00. The Morgan fingerprint density at radius 2 is 2.33 bits per heavy atom. The molecule has 1 rings (SSSR count). The molecule has 0 spiro atoms. The first-order valence-corrected chi connectivity index (χ1v) is 4.16. The molecule has 0 atom stereocenters. The van der Waals surface area contributed by atoms with Crippen molar-refractivity contribution in [1.82, 2.24) is 0 Å². The molecule has 0 heterocycles. The van der Waals surface area contributed by atoms with E-state index in [0.717, 1.165) is 19.6 Å². The lowest BCUT2D eigenvalue weighted by atomic mass is 10.1. The van der Waals surface area contributed by atoms with E-state index in [4.69, 9.17) is 4.74 Å². The summed E-state index contributed by atoms with van der Waals surface area (Å²) >= 11 is 0. The summed E-state index contributed by atoms with van der Waals surface area (Å²) in [5.74, 6) is 0. The Morgan fingerprint density at radius 1 is 1.50 bits per heavy atom. The fourth-order valence-electron chi connectivity index (χ4n) is 0.862. The van der Waals surface area contributed by atoms with Crippen molar-refractivity contribution in [1.29, 1.82) is 0 Å². The predicted molar refractivity (Wildman–Crippen MR) is 52.0 cm³/mol. The highest BCUT2D eigenvalue weighted by molar-refractivity contribution is 5.35. The average molecular weight is 162 g/mol. The van der Waals surface area contributed by atoms with Gasteiger partial charge in [0, 0.05) is 0 Å². The minimum absolute atomic E-state index is 0.748. The molecule has 1 aliphatic rings. The monoisotopic (exact) mass is 162 g/mol. The summed E-state index contributed by atoms with van der Waals surface area (Å²) in [6, 6.07) is 0. The second kappa shape index (κ2) is 5.56. The summed E-state index contributed by atoms with van der Waals surface area (Å²) in [7, 11) is 0. The molecule has 0 saturated heterocycles. The molecule has 0 aromatic rings. The van der Waals surface area contributed by atoms with E-state index >= 15 is 0 Å². The highest BCUT2D eigenvalue weighted by atomic mass is 16.5. The van der Waals surface area contributed by atoms with Crippen LogP contribution in [0, 0.1) is 0 Å². The van der Waals surface area contributed by atoms with Crippen LogP contribution in [0.3, 0.4) is 0 Å².